The van der Waals surface area contributed by atoms with E-state index in [-0.39, 0.29) is 30.6 Å². The van der Waals surface area contributed by atoms with Crippen molar-refractivity contribution in [2.24, 2.45) is 0 Å². The number of methoxy groups -OCH3 is 1. The lowest BCUT2D eigenvalue weighted by Gasteiger charge is -2.16. The lowest BCUT2D eigenvalue weighted by atomic mass is 10.1. The molecule has 38 heavy (non-hydrogen) atoms. The van der Waals surface area contributed by atoms with E-state index in [4.69, 9.17) is 13.9 Å². The smallest absolute Gasteiger partial charge is 0.263 e. The molecule has 1 atom stereocenters. The van der Waals surface area contributed by atoms with Gasteiger partial charge in [-0.1, -0.05) is 18.2 Å². The molecule has 1 amide bonds. The molecule has 4 heterocycles. The van der Waals surface area contributed by atoms with Gasteiger partial charge in [0, 0.05) is 18.4 Å². The summed E-state index contributed by atoms with van der Waals surface area (Å²) in [6, 6.07) is 9.15. The highest BCUT2D eigenvalue weighted by molar-refractivity contribution is 7.11. The third-order valence-electron chi connectivity index (χ3n) is 5.71. The van der Waals surface area contributed by atoms with E-state index in [2.05, 4.69) is 30.2 Å². The zero-order chi connectivity index (χ0) is 26.3. The van der Waals surface area contributed by atoms with Crippen LogP contribution < -0.4 is 10.1 Å². The number of hydrogen-bond acceptors (Lipinski definition) is 10. The van der Waals surface area contributed by atoms with E-state index in [1.54, 1.807) is 18.8 Å². The predicted octanol–water partition coefficient (Wildman–Crippen LogP) is 4.23. The van der Waals surface area contributed by atoms with Gasteiger partial charge in [0.2, 0.25) is 11.7 Å². The molecule has 1 aromatic carbocycles. The molecule has 11 nitrogen and oxygen atoms in total. The minimum atomic E-state index is -0.583. The summed E-state index contributed by atoms with van der Waals surface area (Å²) in [5, 5.41) is 3.91. The Bertz CT molecular complexity index is 1520. The fourth-order valence-corrected chi connectivity index (χ4v) is 4.37. The molecule has 0 aliphatic carbocycles. The summed E-state index contributed by atoms with van der Waals surface area (Å²) in [6.07, 6.45) is 6.68. The molecule has 1 unspecified atom stereocenters. The number of para-hydroxylation sites is 1. The molecule has 0 radical (unpaired) electrons. The quantitative estimate of drug-likeness (QED) is 0.178. The number of rotatable bonds is 12. The number of fused-ring (bicyclic) bond motifs is 1. The fourth-order valence-electron chi connectivity index (χ4n) is 3.85. The third-order valence-corrected chi connectivity index (χ3v) is 6.48. The lowest BCUT2D eigenvalue weighted by molar-refractivity contribution is 0.0799. The van der Waals surface area contributed by atoms with Crippen molar-refractivity contribution in [2.75, 3.05) is 20.3 Å². The SMILES string of the molecule is COc1nc2ccccc2cc1-c1cnc(C(COCCCC(=O)c2ncco2)NC(=O)c2cncs2)[nH]1. The maximum atomic E-state index is 12.8. The summed E-state index contributed by atoms with van der Waals surface area (Å²) in [6.45, 7) is 0.438. The number of nitrogens with zero attached hydrogens (tertiary/aromatic N) is 4. The zero-order valence-corrected chi connectivity index (χ0v) is 21.2. The molecule has 0 aliphatic rings. The Morgan fingerprint density at radius 3 is 2.89 bits per heavy atom. The van der Waals surface area contributed by atoms with Crippen LogP contribution in [-0.4, -0.2) is 56.9 Å². The van der Waals surface area contributed by atoms with Crippen molar-refractivity contribution in [2.45, 2.75) is 18.9 Å². The number of hydrogen-bond donors (Lipinski definition) is 2. The second kappa shape index (κ2) is 11.8. The van der Waals surface area contributed by atoms with Gasteiger partial charge in [-0.2, -0.15) is 0 Å². The Morgan fingerprint density at radius 2 is 2.11 bits per heavy atom. The van der Waals surface area contributed by atoms with E-state index in [0.29, 0.717) is 35.3 Å². The molecule has 194 valence electrons. The summed E-state index contributed by atoms with van der Waals surface area (Å²) >= 11 is 1.24. The number of ketones is 1. The number of benzene rings is 1. The van der Waals surface area contributed by atoms with E-state index in [0.717, 1.165) is 16.5 Å². The number of aromatic amines is 1. The topological polar surface area (TPSA) is 145 Å². The molecule has 0 aliphatic heterocycles. The Hall–Kier alpha value is -4.42. The van der Waals surface area contributed by atoms with Gasteiger partial charge in [-0.3, -0.25) is 14.6 Å². The first-order valence-corrected chi connectivity index (χ1v) is 12.7. The molecule has 0 spiro atoms. The van der Waals surface area contributed by atoms with Crippen molar-refractivity contribution in [3.63, 3.8) is 0 Å². The number of carbonyl (C=O) groups excluding carboxylic acids is 2. The molecule has 0 fully saturated rings. The highest BCUT2D eigenvalue weighted by Crippen LogP contribution is 2.31. The molecule has 12 heteroatoms. The predicted molar refractivity (Wildman–Crippen MR) is 139 cm³/mol. The number of ether oxygens (including phenoxy) is 2. The van der Waals surface area contributed by atoms with Crippen LogP contribution in [0.4, 0.5) is 0 Å². The minimum Gasteiger partial charge on any atom is -0.480 e. The van der Waals surface area contributed by atoms with Crippen LogP contribution in [-0.2, 0) is 4.74 Å². The van der Waals surface area contributed by atoms with Crippen LogP contribution in [0.2, 0.25) is 0 Å². The van der Waals surface area contributed by atoms with Crippen LogP contribution in [0.3, 0.4) is 0 Å². The van der Waals surface area contributed by atoms with Crippen molar-refractivity contribution in [3.05, 3.63) is 77.3 Å². The van der Waals surface area contributed by atoms with Crippen molar-refractivity contribution in [1.82, 2.24) is 30.2 Å². The monoisotopic (exact) mass is 532 g/mol. The Labute approximate surface area is 221 Å². The zero-order valence-electron chi connectivity index (χ0n) is 20.4. The summed E-state index contributed by atoms with van der Waals surface area (Å²) < 4.78 is 16.4. The number of amides is 1. The second-order valence-corrected chi connectivity index (χ2v) is 9.14. The number of aromatic nitrogens is 5. The summed E-state index contributed by atoms with van der Waals surface area (Å²) in [7, 11) is 1.57. The first-order valence-electron chi connectivity index (χ1n) is 11.8. The number of Topliss-reactive ketones (excluding diaryl/α,β-unsaturated/α-hetero) is 1. The summed E-state index contributed by atoms with van der Waals surface area (Å²) in [5.74, 6) is 0.562. The molecule has 0 saturated heterocycles. The maximum Gasteiger partial charge on any atom is 0.263 e. The normalized spacial score (nSPS) is 11.9. The van der Waals surface area contributed by atoms with E-state index < -0.39 is 6.04 Å². The van der Waals surface area contributed by atoms with E-state index in [1.807, 2.05) is 30.3 Å². The van der Waals surface area contributed by atoms with Gasteiger partial charge in [-0.25, -0.2) is 15.0 Å². The van der Waals surface area contributed by atoms with Crippen LogP contribution >= 0.6 is 11.3 Å². The molecular weight excluding hydrogens is 508 g/mol. The van der Waals surface area contributed by atoms with Gasteiger partial charge < -0.3 is 24.2 Å². The number of imidazole rings is 1. The number of thiazole rings is 1. The average molecular weight is 533 g/mol. The lowest BCUT2D eigenvalue weighted by Crippen LogP contribution is -2.32. The number of H-pyrrole nitrogens is 1. The molecule has 5 aromatic rings. The fraction of sp³-hybridized carbons (Fsp3) is 0.231. The molecule has 0 saturated carbocycles. The largest absolute Gasteiger partial charge is 0.480 e. The van der Waals surface area contributed by atoms with Gasteiger partial charge in [0.05, 0.1) is 54.6 Å². The molecule has 0 bridgehead atoms. The first kappa shape index (κ1) is 25.2. The number of carbonyl (C=O) groups is 2. The van der Waals surface area contributed by atoms with Crippen LogP contribution in [0.5, 0.6) is 5.88 Å². The van der Waals surface area contributed by atoms with Crippen LogP contribution in [0.25, 0.3) is 22.2 Å². The van der Waals surface area contributed by atoms with E-state index in [1.165, 1.54) is 30.0 Å². The van der Waals surface area contributed by atoms with Crippen molar-refractivity contribution in [3.8, 4) is 17.1 Å². The van der Waals surface area contributed by atoms with Gasteiger partial charge in [0.1, 0.15) is 23.0 Å². The van der Waals surface area contributed by atoms with Gasteiger partial charge in [0.15, 0.2) is 0 Å². The van der Waals surface area contributed by atoms with Crippen LogP contribution in [0.1, 0.15) is 45.1 Å². The Kier molecular flexibility index (Phi) is 7.81. The second-order valence-electron chi connectivity index (χ2n) is 8.25. The van der Waals surface area contributed by atoms with Crippen molar-refractivity contribution < 1.29 is 23.5 Å². The number of nitrogens with one attached hydrogen (secondary N) is 2. The summed E-state index contributed by atoms with van der Waals surface area (Å²) in [4.78, 5) is 45.6. The van der Waals surface area contributed by atoms with Crippen molar-refractivity contribution in [1.29, 1.82) is 0 Å². The molecular formula is C26H24N6O5S. The average Bonchev–Trinajstić information content (AvgIpc) is 3.74. The van der Waals surface area contributed by atoms with E-state index >= 15 is 0 Å². The van der Waals surface area contributed by atoms with Gasteiger partial charge >= 0.3 is 0 Å². The van der Waals surface area contributed by atoms with Gasteiger partial charge in [-0.15, -0.1) is 11.3 Å². The third kappa shape index (κ3) is 5.76. The molecule has 2 N–H and O–H groups in total. The first-order chi connectivity index (χ1) is 18.6. The highest BCUT2D eigenvalue weighted by atomic mass is 32.1. The van der Waals surface area contributed by atoms with Crippen LogP contribution in [0.15, 0.2) is 65.1 Å². The highest BCUT2D eigenvalue weighted by Gasteiger charge is 2.22. The minimum absolute atomic E-state index is 0.0846. The van der Waals surface area contributed by atoms with Gasteiger partial charge in [-0.05, 0) is 18.6 Å². The Morgan fingerprint density at radius 1 is 1.21 bits per heavy atom. The maximum absolute atomic E-state index is 12.8. The molecule has 5 rings (SSSR count). The van der Waals surface area contributed by atoms with Crippen molar-refractivity contribution >= 4 is 33.9 Å². The number of oxazole rings is 1. The van der Waals surface area contributed by atoms with E-state index in [9.17, 15) is 9.59 Å². The van der Waals surface area contributed by atoms with Crippen LogP contribution in [0, 0.1) is 0 Å². The summed E-state index contributed by atoms with van der Waals surface area (Å²) in [5.41, 5.74) is 3.83. The number of pyridine rings is 1. The Balaban J connectivity index is 1.31. The molecule has 4 aromatic heterocycles. The van der Waals surface area contributed by atoms with Gasteiger partial charge in [0.25, 0.3) is 11.8 Å². The standard InChI is InChI=1S/C26H24N6O5S/c1-35-25-17(11-16-5-2-3-6-18(16)32-25)19-12-29-23(30-19)20(31-24(34)22-13-27-15-38-22)14-36-9-4-7-21(33)26-28-8-10-37-26/h2-3,5-6,8,10-13,15,20H,4,7,9,14H2,1H3,(H,29,30)(H,31,34).